The van der Waals surface area contributed by atoms with Crippen molar-refractivity contribution in [3.8, 4) is 11.4 Å². The summed E-state index contributed by atoms with van der Waals surface area (Å²) < 4.78 is 1.61. The van der Waals surface area contributed by atoms with Crippen molar-refractivity contribution >= 4 is 5.69 Å². The lowest BCUT2D eigenvalue weighted by atomic mass is 10.2. The van der Waals surface area contributed by atoms with Crippen molar-refractivity contribution in [3.63, 3.8) is 0 Å². The minimum absolute atomic E-state index is 0.0256. The number of hydrogen-bond donors (Lipinski definition) is 1. The van der Waals surface area contributed by atoms with Crippen LogP contribution in [0.5, 0.6) is 0 Å². The lowest BCUT2D eigenvalue weighted by Gasteiger charge is -1.96. The molecule has 1 aromatic carbocycles. The maximum Gasteiger partial charge on any atom is 0.270 e. The number of aromatic nitrogens is 3. The molecule has 0 fully saturated rings. The Morgan fingerprint density at radius 1 is 1.47 bits per heavy atom. The predicted octanol–water partition coefficient (Wildman–Crippen LogP) is 0.812. The Kier molecular flexibility index (Phi) is 3.10. The first kappa shape index (κ1) is 11.2. The van der Waals surface area contributed by atoms with E-state index in [-0.39, 0.29) is 5.69 Å². The zero-order valence-electron chi connectivity index (χ0n) is 8.98. The molecule has 1 aromatic heterocycles. The van der Waals surface area contributed by atoms with E-state index in [1.807, 2.05) is 0 Å². The van der Waals surface area contributed by atoms with E-state index >= 15 is 0 Å². The van der Waals surface area contributed by atoms with Crippen molar-refractivity contribution < 1.29 is 4.92 Å². The second-order valence-corrected chi connectivity index (χ2v) is 3.43. The van der Waals surface area contributed by atoms with Gasteiger partial charge in [-0.05, 0) is 0 Å². The molecular formula is C10H11N5O2. The molecule has 0 unspecified atom stereocenters. The molecule has 2 rings (SSSR count). The Hall–Kier alpha value is -2.28. The van der Waals surface area contributed by atoms with Crippen LogP contribution in [-0.2, 0) is 6.54 Å². The molecule has 0 aliphatic carbocycles. The number of nitro benzene ring substituents is 1. The molecule has 0 saturated heterocycles. The number of rotatable bonds is 4. The van der Waals surface area contributed by atoms with Gasteiger partial charge < -0.3 is 5.73 Å². The van der Waals surface area contributed by atoms with Crippen LogP contribution >= 0.6 is 0 Å². The highest BCUT2D eigenvalue weighted by molar-refractivity contribution is 5.58. The van der Waals surface area contributed by atoms with Crippen LogP contribution in [0.15, 0.2) is 30.6 Å². The summed E-state index contributed by atoms with van der Waals surface area (Å²) in [5.41, 5.74) is 6.04. The Morgan fingerprint density at radius 2 is 2.29 bits per heavy atom. The summed E-state index contributed by atoms with van der Waals surface area (Å²) in [5.74, 6) is 0.460. The average molecular weight is 233 g/mol. The van der Waals surface area contributed by atoms with E-state index in [1.165, 1.54) is 12.1 Å². The third-order valence-electron chi connectivity index (χ3n) is 2.21. The van der Waals surface area contributed by atoms with E-state index in [0.29, 0.717) is 24.5 Å². The standard InChI is InChI=1S/C10H11N5O2/c11-4-5-14-7-12-10(13-14)8-2-1-3-9(6-8)15(16)17/h1-3,6-7H,4-5,11H2. The van der Waals surface area contributed by atoms with Crippen LogP contribution in [-0.4, -0.2) is 26.2 Å². The van der Waals surface area contributed by atoms with E-state index in [1.54, 1.807) is 23.1 Å². The highest BCUT2D eigenvalue weighted by Gasteiger charge is 2.09. The molecule has 7 heteroatoms. The van der Waals surface area contributed by atoms with E-state index in [2.05, 4.69) is 10.1 Å². The summed E-state index contributed by atoms with van der Waals surface area (Å²) in [4.78, 5) is 14.3. The average Bonchev–Trinajstić information content (AvgIpc) is 2.78. The van der Waals surface area contributed by atoms with Crippen molar-refractivity contribution in [2.45, 2.75) is 6.54 Å². The zero-order chi connectivity index (χ0) is 12.3. The zero-order valence-corrected chi connectivity index (χ0v) is 8.98. The maximum absolute atomic E-state index is 10.6. The summed E-state index contributed by atoms with van der Waals surface area (Å²) in [6.07, 6.45) is 1.56. The predicted molar refractivity (Wildman–Crippen MR) is 61.2 cm³/mol. The van der Waals surface area contributed by atoms with Crippen molar-refractivity contribution in [2.24, 2.45) is 5.73 Å². The third kappa shape index (κ3) is 2.45. The Balaban J connectivity index is 2.32. The van der Waals surface area contributed by atoms with Crippen LogP contribution in [0.3, 0.4) is 0 Å². The van der Waals surface area contributed by atoms with E-state index in [4.69, 9.17) is 5.73 Å². The summed E-state index contributed by atoms with van der Waals surface area (Å²) >= 11 is 0. The van der Waals surface area contributed by atoms with Crippen molar-refractivity contribution in [2.75, 3.05) is 6.54 Å². The molecule has 0 aliphatic rings. The molecule has 1 heterocycles. The molecule has 0 saturated carbocycles. The molecule has 7 nitrogen and oxygen atoms in total. The largest absolute Gasteiger partial charge is 0.329 e. The van der Waals surface area contributed by atoms with Gasteiger partial charge in [0, 0.05) is 24.2 Å². The first-order valence-electron chi connectivity index (χ1n) is 5.05. The van der Waals surface area contributed by atoms with E-state index < -0.39 is 4.92 Å². The van der Waals surface area contributed by atoms with Gasteiger partial charge in [-0.3, -0.25) is 14.8 Å². The molecule has 88 valence electrons. The topological polar surface area (TPSA) is 99.9 Å². The smallest absolute Gasteiger partial charge is 0.270 e. The van der Waals surface area contributed by atoms with Crippen LogP contribution in [0.2, 0.25) is 0 Å². The maximum atomic E-state index is 10.6. The van der Waals surface area contributed by atoms with Gasteiger partial charge in [0.05, 0.1) is 11.5 Å². The molecule has 17 heavy (non-hydrogen) atoms. The quantitative estimate of drug-likeness (QED) is 0.622. The van der Waals surface area contributed by atoms with Crippen molar-refractivity contribution in [1.29, 1.82) is 0 Å². The molecular weight excluding hydrogens is 222 g/mol. The van der Waals surface area contributed by atoms with Crippen molar-refractivity contribution in [3.05, 3.63) is 40.7 Å². The van der Waals surface area contributed by atoms with Gasteiger partial charge in [-0.25, -0.2) is 4.98 Å². The van der Waals surface area contributed by atoms with Gasteiger partial charge in [0.2, 0.25) is 0 Å². The fourth-order valence-corrected chi connectivity index (χ4v) is 1.43. The Labute approximate surface area is 97.0 Å². The second kappa shape index (κ2) is 4.71. The van der Waals surface area contributed by atoms with Crippen LogP contribution in [0.4, 0.5) is 5.69 Å². The minimum Gasteiger partial charge on any atom is -0.329 e. The van der Waals surface area contributed by atoms with Gasteiger partial charge in [0.1, 0.15) is 6.33 Å². The number of benzene rings is 1. The molecule has 0 bridgehead atoms. The first-order chi connectivity index (χ1) is 8.20. The summed E-state index contributed by atoms with van der Waals surface area (Å²) in [6.45, 7) is 1.04. The number of nitro groups is 1. The number of non-ortho nitro benzene ring substituents is 1. The number of nitrogens with two attached hydrogens (primary N) is 1. The Morgan fingerprint density at radius 3 is 3.00 bits per heavy atom. The molecule has 0 spiro atoms. The number of nitrogens with zero attached hydrogens (tertiary/aromatic N) is 4. The Bertz CT molecular complexity index is 537. The highest BCUT2D eigenvalue weighted by Crippen LogP contribution is 2.20. The van der Waals surface area contributed by atoms with E-state index in [0.717, 1.165) is 0 Å². The highest BCUT2D eigenvalue weighted by atomic mass is 16.6. The van der Waals surface area contributed by atoms with Crippen LogP contribution < -0.4 is 5.73 Å². The molecule has 0 aliphatic heterocycles. The summed E-state index contributed by atoms with van der Waals surface area (Å²) in [6, 6.07) is 6.22. The van der Waals surface area contributed by atoms with Crippen molar-refractivity contribution in [1.82, 2.24) is 14.8 Å². The van der Waals surface area contributed by atoms with Gasteiger partial charge in [0.25, 0.3) is 5.69 Å². The van der Waals surface area contributed by atoms with Gasteiger partial charge in [-0.15, -0.1) is 0 Å². The first-order valence-corrected chi connectivity index (χ1v) is 5.05. The monoisotopic (exact) mass is 233 g/mol. The minimum atomic E-state index is -0.444. The lowest BCUT2D eigenvalue weighted by Crippen LogP contribution is -2.10. The normalized spacial score (nSPS) is 10.4. The SMILES string of the molecule is NCCn1cnc(-c2cccc([N+](=O)[O-])c2)n1. The molecule has 2 aromatic rings. The lowest BCUT2D eigenvalue weighted by molar-refractivity contribution is -0.384. The van der Waals surface area contributed by atoms with E-state index in [9.17, 15) is 10.1 Å². The van der Waals surface area contributed by atoms with Crippen LogP contribution in [0.1, 0.15) is 0 Å². The summed E-state index contributed by atoms with van der Waals surface area (Å²) in [5, 5.41) is 14.8. The molecule has 2 N–H and O–H groups in total. The molecule has 0 radical (unpaired) electrons. The van der Waals surface area contributed by atoms with Gasteiger partial charge in [0.15, 0.2) is 5.82 Å². The van der Waals surface area contributed by atoms with Crippen LogP contribution in [0, 0.1) is 10.1 Å². The van der Waals surface area contributed by atoms with Crippen LogP contribution in [0.25, 0.3) is 11.4 Å². The second-order valence-electron chi connectivity index (χ2n) is 3.43. The summed E-state index contributed by atoms with van der Waals surface area (Å²) in [7, 11) is 0. The third-order valence-corrected chi connectivity index (χ3v) is 2.21. The van der Waals surface area contributed by atoms with Gasteiger partial charge in [-0.1, -0.05) is 12.1 Å². The van der Waals surface area contributed by atoms with Gasteiger partial charge in [-0.2, -0.15) is 5.10 Å². The number of hydrogen-bond acceptors (Lipinski definition) is 5. The van der Waals surface area contributed by atoms with Gasteiger partial charge >= 0.3 is 0 Å². The fourth-order valence-electron chi connectivity index (χ4n) is 1.43. The molecule has 0 amide bonds. The molecule has 0 atom stereocenters. The fraction of sp³-hybridized carbons (Fsp3) is 0.200.